The second kappa shape index (κ2) is 2.97. The van der Waals surface area contributed by atoms with Crippen molar-refractivity contribution in [2.45, 2.75) is 13.8 Å². The van der Waals surface area contributed by atoms with Crippen LogP contribution in [0.3, 0.4) is 0 Å². The summed E-state index contributed by atoms with van der Waals surface area (Å²) in [7, 11) is 0. The van der Waals surface area contributed by atoms with Gasteiger partial charge < -0.3 is 5.73 Å². The average molecular weight is 163 g/mol. The molecule has 0 aromatic heterocycles. The van der Waals surface area contributed by atoms with Crippen LogP contribution in [0, 0.1) is 5.41 Å². The number of nitrogens with two attached hydrogens (primary N) is 1. The van der Waals surface area contributed by atoms with Gasteiger partial charge in [0, 0.05) is 16.7 Å². The number of rotatable bonds is 1. The highest BCUT2D eigenvalue weighted by Gasteiger charge is 2.14. The molecule has 2 N–H and O–H groups in total. The van der Waals surface area contributed by atoms with E-state index in [2.05, 4.69) is 0 Å². The SMILES string of the molecule is CC1(C)C=CC=C(N)C(C=O)=C1. The van der Waals surface area contributed by atoms with E-state index >= 15 is 0 Å². The normalized spacial score (nSPS) is 20.8. The van der Waals surface area contributed by atoms with Crippen molar-refractivity contribution < 1.29 is 4.79 Å². The highest BCUT2D eigenvalue weighted by Crippen LogP contribution is 2.24. The molecule has 12 heavy (non-hydrogen) atoms. The van der Waals surface area contributed by atoms with Gasteiger partial charge in [-0.05, 0) is 6.08 Å². The summed E-state index contributed by atoms with van der Waals surface area (Å²) in [4.78, 5) is 10.6. The van der Waals surface area contributed by atoms with Gasteiger partial charge in [0.25, 0.3) is 0 Å². The van der Waals surface area contributed by atoms with Gasteiger partial charge in [-0.1, -0.05) is 32.1 Å². The second-order valence-electron chi connectivity index (χ2n) is 3.52. The fraction of sp³-hybridized carbons (Fsp3) is 0.300. The van der Waals surface area contributed by atoms with Crippen LogP contribution in [0.15, 0.2) is 35.6 Å². The van der Waals surface area contributed by atoms with Gasteiger partial charge >= 0.3 is 0 Å². The van der Waals surface area contributed by atoms with Crippen molar-refractivity contribution in [2.24, 2.45) is 11.1 Å². The molecule has 0 saturated carbocycles. The maximum absolute atomic E-state index is 10.6. The van der Waals surface area contributed by atoms with E-state index in [4.69, 9.17) is 5.73 Å². The predicted molar refractivity (Wildman–Crippen MR) is 49.3 cm³/mol. The van der Waals surface area contributed by atoms with Gasteiger partial charge in [0.2, 0.25) is 0 Å². The summed E-state index contributed by atoms with van der Waals surface area (Å²) >= 11 is 0. The molecule has 0 spiro atoms. The van der Waals surface area contributed by atoms with Crippen LogP contribution in [-0.4, -0.2) is 6.29 Å². The van der Waals surface area contributed by atoms with Gasteiger partial charge in [-0.25, -0.2) is 0 Å². The molecule has 0 amide bonds. The minimum atomic E-state index is -0.0894. The first-order chi connectivity index (χ1) is 5.55. The van der Waals surface area contributed by atoms with E-state index in [1.807, 2.05) is 32.1 Å². The lowest BCUT2D eigenvalue weighted by Gasteiger charge is -2.13. The van der Waals surface area contributed by atoms with Crippen LogP contribution in [0.2, 0.25) is 0 Å². The first-order valence-electron chi connectivity index (χ1n) is 3.88. The average Bonchev–Trinajstić information content (AvgIpc) is 2.10. The number of carbonyl (C=O) groups is 1. The van der Waals surface area contributed by atoms with Crippen molar-refractivity contribution in [3.8, 4) is 0 Å². The van der Waals surface area contributed by atoms with Crippen molar-refractivity contribution in [2.75, 3.05) is 0 Å². The van der Waals surface area contributed by atoms with E-state index in [-0.39, 0.29) is 5.41 Å². The third-order valence-electron chi connectivity index (χ3n) is 1.79. The van der Waals surface area contributed by atoms with E-state index in [9.17, 15) is 4.79 Å². The van der Waals surface area contributed by atoms with Crippen LogP contribution in [0.25, 0.3) is 0 Å². The molecule has 0 bridgehead atoms. The Balaban J connectivity index is 3.11. The van der Waals surface area contributed by atoms with E-state index < -0.39 is 0 Å². The Kier molecular flexibility index (Phi) is 2.18. The van der Waals surface area contributed by atoms with Crippen molar-refractivity contribution >= 4 is 6.29 Å². The quantitative estimate of drug-likeness (QED) is 0.596. The van der Waals surface area contributed by atoms with Crippen LogP contribution in [0.5, 0.6) is 0 Å². The third kappa shape index (κ3) is 1.84. The molecule has 0 aromatic rings. The highest BCUT2D eigenvalue weighted by atomic mass is 16.1. The summed E-state index contributed by atoms with van der Waals surface area (Å²) in [5, 5.41) is 0. The van der Waals surface area contributed by atoms with Crippen molar-refractivity contribution in [3.05, 3.63) is 35.6 Å². The molecule has 1 aliphatic rings. The molecule has 2 nitrogen and oxygen atoms in total. The van der Waals surface area contributed by atoms with Crippen LogP contribution >= 0.6 is 0 Å². The molecule has 0 heterocycles. The summed E-state index contributed by atoms with van der Waals surface area (Å²) in [6.07, 6.45) is 8.30. The minimum absolute atomic E-state index is 0.0894. The van der Waals surface area contributed by atoms with Crippen molar-refractivity contribution in [1.29, 1.82) is 0 Å². The zero-order valence-corrected chi connectivity index (χ0v) is 7.37. The van der Waals surface area contributed by atoms with E-state index in [0.717, 1.165) is 6.29 Å². The van der Waals surface area contributed by atoms with Crippen molar-refractivity contribution in [3.63, 3.8) is 0 Å². The van der Waals surface area contributed by atoms with E-state index in [1.165, 1.54) is 0 Å². The van der Waals surface area contributed by atoms with Crippen LogP contribution < -0.4 is 5.73 Å². The highest BCUT2D eigenvalue weighted by molar-refractivity contribution is 5.80. The summed E-state index contributed by atoms with van der Waals surface area (Å²) in [6.45, 7) is 4.05. The van der Waals surface area contributed by atoms with Crippen LogP contribution in [-0.2, 0) is 4.79 Å². The number of allylic oxidation sites excluding steroid dienone is 5. The Morgan fingerprint density at radius 2 is 2.17 bits per heavy atom. The van der Waals surface area contributed by atoms with Crippen LogP contribution in [0.4, 0.5) is 0 Å². The smallest absolute Gasteiger partial charge is 0.151 e. The fourth-order valence-corrected chi connectivity index (χ4v) is 1.13. The van der Waals surface area contributed by atoms with E-state index in [0.29, 0.717) is 11.3 Å². The monoisotopic (exact) mass is 163 g/mol. The first-order valence-corrected chi connectivity index (χ1v) is 3.88. The Labute approximate surface area is 72.5 Å². The van der Waals surface area contributed by atoms with Gasteiger partial charge in [0.05, 0.1) is 0 Å². The lowest BCUT2D eigenvalue weighted by molar-refractivity contribution is -0.104. The molecule has 0 saturated heterocycles. The third-order valence-corrected chi connectivity index (χ3v) is 1.79. The zero-order chi connectivity index (χ0) is 9.19. The van der Waals surface area contributed by atoms with E-state index in [1.54, 1.807) is 6.08 Å². The fourth-order valence-electron chi connectivity index (χ4n) is 1.13. The molecule has 0 unspecified atom stereocenters. The zero-order valence-electron chi connectivity index (χ0n) is 7.37. The summed E-state index contributed by atoms with van der Waals surface area (Å²) < 4.78 is 0. The van der Waals surface area contributed by atoms with Crippen molar-refractivity contribution in [1.82, 2.24) is 0 Å². The topological polar surface area (TPSA) is 43.1 Å². The number of hydrogen-bond donors (Lipinski definition) is 1. The maximum atomic E-state index is 10.6. The standard InChI is InChI=1S/C10H13NO/c1-10(2)5-3-4-9(11)8(6-10)7-12/h3-7H,11H2,1-2H3. The van der Waals surface area contributed by atoms with Gasteiger partial charge in [-0.3, -0.25) is 4.79 Å². The van der Waals surface area contributed by atoms with Gasteiger partial charge in [-0.15, -0.1) is 0 Å². The first kappa shape index (κ1) is 8.78. The lowest BCUT2D eigenvalue weighted by Crippen LogP contribution is -2.07. The molecule has 64 valence electrons. The molecular weight excluding hydrogens is 150 g/mol. The van der Waals surface area contributed by atoms with Crippen LogP contribution in [0.1, 0.15) is 13.8 Å². The molecular formula is C10H13NO. The maximum Gasteiger partial charge on any atom is 0.151 e. The summed E-state index contributed by atoms with van der Waals surface area (Å²) in [5.74, 6) is 0. The molecule has 0 aromatic carbocycles. The molecule has 0 atom stereocenters. The molecule has 0 fully saturated rings. The molecule has 0 aliphatic heterocycles. The molecule has 1 rings (SSSR count). The number of aldehydes is 1. The summed E-state index contributed by atoms with van der Waals surface area (Å²) in [6, 6.07) is 0. The summed E-state index contributed by atoms with van der Waals surface area (Å²) in [5.41, 5.74) is 6.64. The molecule has 2 heteroatoms. The lowest BCUT2D eigenvalue weighted by atomic mass is 9.91. The van der Waals surface area contributed by atoms with Gasteiger partial charge in [-0.2, -0.15) is 0 Å². The minimum Gasteiger partial charge on any atom is -0.398 e. The molecule has 0 radical (unpaired) electrons. The molecule has 1 aliphatic carbocycles. The Morgan fingerprint density at radius 1 is 1.50 bits per heavy atom. The Morgan fingerprint density at radius 3 is 2.75 bits per heavy atom. The Hall–Kier alpha value is -1.31. The van der Waals surface area contributed by atoms with Gasteiger partial charge in [0.1, 0.15) is 0 Å². The largest absolute Gasteiger partial charge is 0.398 e. The second-order valence-corrected chi connectivity index (χ2v) is 3.52. The number of hydrogen-bond acceptors (Lipinski definition) is 2. The number of carbonyl (C=O) groups excluding carboxylic acids is 1. The van der Waals surface area contributed by atoms with Gasteiger partial charge in [0.15, 0.2) is 6.29 Å². The Bertz CT molecular complexity index is 282. The predicted octanol–water partition coefficient (Wildman–Crippen LogP) is 1.55.